The first-order valence-corrected chi connectivity index (χ1v) is 10.2. The Morgan fingerprint density at radius 3 is 2.69 bits per heavy atom. The third-order valence-corrected chi connectivity index (χ3v) is 5.91. The van der Waals surface area contributed by atoms with E-state index in [-0.39, 0.29) is 35.5 Å². The fraction of sp³-hybridized carbons (Fsp3) is 0.364. The minimum absolute atomic E-state index is 0.108. The maximum atomic E-state index is 13.4. The standard InChI is InChI=1S/C22H19F3N4O3/c1-12-6-15(20-26-4-5-31-20)19(28-9-12)21(30)29-11-13-7-16(29)17(8-13)32-18-3-2-14(10-27-18)22(23,24)25/h2-6,9-10,13,16-17H,7-8,11H2,1H3/t13-,16+,17-/m1/s1. The summed E-state index contributed by atoms with van der Waals surface area (Å²) in [5.41, 5.74) is 0.799. The molecule has 1 saturated heterocycles. The van der Waals surface area contributed by atoms with Gasteiger partial charge in [0.25, 0.3) is 5.91 Å². The van der Waals surface area contributed by atoms with E-state index in [0.29, 0.717) is 24.4 Å². The number of fused-ring (bicyclic) bond motifs is 2. The summed E-state index contributed by atoms with van der Waals surface area (Å²) >= 11 is 0. The summed E-state index contributed by atoms with van der Waals surface area (Å²) in [6.45, 7) is 2.44. The SMILES string of the molecule is Cc1cnc(C(=O)N2C[C@H]3C[C@@H](Oc4ccc(C(F)(F)F)cn4)[C@@H]2C3)c(-c2ncco2)c1. The van der Waals surface area contributed by atoms with Gasteiger partial charge in [0.05, 0.1) is 23.4 Å². The van der Waals surface area contributed by atoms with Gasteiger partial charge in [-0.1, -0.05) is 0 Å². The second kappa shape index (κ2) is 7.61. The van der Waals surface area contributed by atoms with E-state index in [9.17, 15) is 18.0 Å². The van der Waals surface area contributed by atoms with Gasteiger partial charge in [0.1, 0.15) is 18.1 Å². The highest BCUT2D eigenvalue weighted by Gasteiger charge is 2.49. The normalized spacial score (nSPS) is 22.4. The third kappa shape index (κ3) is 3.69. The molecule has 3 aromatic rings. The van der Waals surface area contributed by atoms with E-state index < -0.39 is 11.7 Å². The minimum atomic E-state index is -4.46. The van der Waals surface area contributed by atoms with Crippen LogP contribution in [0.15, 0.2) is 47.5 Å². The zero-order valence-corrected chi connectivity index (χ0v) is 17.0. The zero-order valence-electron chi connectivity index (χ0n) is 17.0. The first-order valence-electron chi connectivity index (χ1n) is 10.2. The van der Waals surface area contributed by atoms with E-state index in [1.807, 2.05) is 6.92 Å². The van der Waals surface area contributed by atoms with Crippen LogP contribution in [0.3, 0.4) is 0 Å². The van der Waals surface area contributed by atoms with Gasteiger partial charge in [0, 0.05) is 25.0 Å². The number of hydrogen-bond acceptors (Lipinski definition) is 6. The van der Waals surface area contributed by atoms with Gasteiger partial charge >= 0.3 is 6.18 Å². The van der Waals surface area contributed by atoms with E-state index in [1.165, 1.54) is 18.5 Å². The Morgan fingerprint density at radius 1 is 1.19 bits per heavy atom. The van der Waals surface area contributed by atoms with Crippen molar-refractivity contribution >= 4 is 5.91 Å². The molecule has 2 aliphatic rings. The number of likely N-dealkylation sites (tertiary alicyclic amines) is 1. The largest absolute Gasteiger partial charge is 0.472 e. The number of amides is 1. The van der Waals surface area contributed by atoms with E-state index in [2.05, 4.69) is 15.0 Å². The van der Waals surface area contributed by atoms with Crippen LogP contribution in [0.2, 0.25) is 0 Å². The van der Waals surface area contributed by atoms with Crippen molar-refractivity contribution in [2.45, 2.75) is 38.1 Å². The van der Waals surface area contributed by atoms with Gasteiger partial charge in [-0.25, -0.2) is 15.0 Å². The Balaban J connectivity index is 1.36. The van der Waals surface area contributed by atoms with Crippen LogP contribution in [-0.2, 0) is 6.18 Å². The highest BCUT2D eigenvalue weighted by Crippen LogP contribution is 2.41. The van der Waals surface area contributed by atoms with Crippen LogP contribution >= 0.6 is 0 Å². The molecule has 2 bridgehead atoms. The molecule has 0 radical (unpaired) electrons. The molecule has 1 aliphatic carbocycles. The molecule has 0 unspecified atom stereocenters. The van der Waals surface area contributed by atoms with E-state index in [0.717, 1.165) is 24.2 Å². The van der Waals surface area contributed by atoms with Gasteiger partial charge in [-0.2, -0.15) is 13.2 Å². The fourth-order valence-corrected chi connectivity index (χ4v) is 4.49. The summed E-state index contributed by atoms with van der Waals surface area (Å²) < 4.78 is 49.6. The predicted octanol–water partition coefficient (Wildman–Crippen LogP) is 4.14. The number of aryl methyl sites for hydroxylation is 1. The van der Waals surface area contributed by atoms with Crippen molar-refractivity contribution in [3.05, 3.63) is 59.9 Å². The number of carbonyl (C=O) groups excluding carboxylic acids is 1. The van der Waals surface area contributed by atoms with Crippen molar-refractivity contribution in [2.75, 3.05) is 6.54 Å². The minimum Gasteiger partial charge on any atom is -0.472 e. The van der Waals surface area contributed by atoms with Gasteiger partial charge in [0.15, 0.2) is 0 Å². The third-order valence-electron chi connectivity index (χ3n) is 5.91. The molecule has 0 aromatic carbocycles. The number of carbonyl (C=O) groups is 1. The number of hydrogen-bond donors (Lipinski definition) is 0. The molecule has 0 spiro atoms. The molecule has 32 heavy (non-hydrogen) atoms. The zero-order chi connectivity index (χ0) is 22.5. The van der Waals surface area contributed by atoms with Crippen LogP contribution < -0.4 is 4.74 Å². The lowest BCUT2D eigenvalue weighted by Gasteiger charge is -2.33. The van der Waals surface area contributed by atoms with Gasteiger partial charge in [-0.15, -0.1) is 0 Å². The van der Waals surface area contributed by atoms with Crippen LogP contribution in [0.4, 0.5) is 13.2 Å². The average Bonchev–Trinajstić information content (AvgIpc) is 3.50. The Morgan fingerprint density at radius 2 is 2.03 bits per heavy atom. The van der Waals surface area contributed by atoms with Crippen molar-refractivity contribution in [1.29, 1.82) is 0 Å². The number of nitrogens with zero attached hydrogens (tertiary/aromatic N) is 4. The van der Waals surface area contributed by atoms with E-state index in [4.69, 9.17) is 9.15 Å². The van der Waals surface area contributed by atoms with Crippen LogP contribution in [0, 0.1) is 12.8 Å². The molecule has 3 aromatic heterocycles. The Kier molecular flexibility index (Phi) is 4.87. The number of alkyl halides is 3. The molecular weight excluding hydrogens is 425 g/mol. The summed E-state index contributed by atoms with van der Waals surface area (Å²) in [5.74, 6) is 0.422. The van der Waals surface area contributed by atoms with Gasteiger partial charge in [-0.3, -0.25) is 4.79 Å². The summed E-state index contributed by atoms with van der Waals surface area (Å²) in [7, 11) is 0. The maximum absolute atomic E-state index is 13.4. The second-order valence-electron chi connectivity index (χ2n) is 8.15. The number of oxazole rings is 1. The molecule has 7 nitrogen and oxygen atoms in total. The highest BCUT2D eigenvalue weighted by molar-refractivity contribution is 5.98. The van der Waals surface area contributed by atoms with Gasteiger partial charge in [-0.05, 0) is 43.4 Å². The monoisotopic (exact) mass is 444 g/mol. The molecule has 0 N–H and O–H groups in total. The maximum Gasteiger partial charge on any atom is 0.417 e. The highest BCUT2D eigenvalue weighted by atomic mass is 19.4. The van der Waals surface area contributed by atoms with Crippen LogP contribution in [0.25, 0.3) is 11.5 Å². The van der Waals surface area contributed by atoms with Crippen molar-refractivity contribution in [1.82, 2.24) is 19.9 Å². The van der Waals surface area contributed by atoms with E-state index >= 15 is 0 Å². The molecule has 166 valence electrons. The number of ether oxygens (including phenoxy) is 1. The molecule has 1 saturated carbocycles. The van der Waals surface area contributed by atoms with Crippen molar-refractivity contribution in [2.24, 2.45) is 5.92 Å². The van der Waals surface area contributed by atoms with Crippen molar-refractivity contribution in [3.8, 4) is 17.3 Å². The molecular formula is C22H19F3N4O3. The molecule has 5 rings (SSSR count). The Hall–Kier alpha value is -3.43. The summed E-state index contributed by atoms with van der Waals surface area (Å²) in [6.07, 6.45) is 1.98. The smallest absolute Gasteiger partial charge is 0.417 e. The van der Waals surface area contributed by atoms with Gasteiger partial charge < -0.3 is 14.1 Å². The lowest BCUT2D eigenvalue weighted by atomic mass is 10.1. The van der Waals surface area contributed by atoms with Crippen LogP contribution in [0.1, 0.15) is 34.5 Å². The first-order chi connectivity index (χ1) is 15.3. The molecule has 4 heterocycles. The lowest BCUT2D eigenvalue weighted by molar-refractivity contribution is -0.137. The average molecular weight is 444 g/mol. The fourth-order valence-electron chi connectivity index (χ4n) is 4.49. The molecule has 3 atom stereocenters. The van der Waals surface area contributed by atoms with Gasteiger partial charge in [0.2, 0.25) is 11.8 Å². The lowest BCUT2D eigenvalue weighted by Crippen LogP contribution is -2.47. The summed E-state index contributed by atoms with van der Waals surface area (Å²) in [6, 6.07) is 3.75. The van der Waals surface area contributed by atoms with Crippen molar-refractivity contribution < 1.29 is 27.1 Å². The quantitative estimate of drug-likeness (QED) is 0.602. The first kappa shape index (κ1) is 20.5. The number of piperidine rings is 1. The Labute approximate surface area is 181 Å². The predicted molar refractivity (Wildman–Crippen MR) is 106 cm³/mol. The second-order valence-corrected chi connectivity index (χ2v) is 8.15. The van der Waals surface area contributed by atoms with Crippen molar-refractivity contribution in [3.63, 3.8) is 0 Å². The number of rotatable bonds is 4. The van der Waals surface area contributed by atoms with E-state index in [1.54, 1.807) is 17.2 Å². The molecule has 10 heteroatoms. The molecule has 1 aliphatic heterocycles. The number of pyridine rings is 2. The summed E-state index contributed by atoms with van der Waals surface area (Å²) in [5, 5.41) is 0. The molecule has 1 amide bonds. The topological polar surface area (TPSA) is 81.4 Å². The number of aromatic nitrogens is 3. The molecule has 2 fully saturated rings. The van der Waals surface area contributed by atoms with Crippen LogP contribution in [0.5, 0.6) is 5.88 Å². The number of halogens is 3. The summed E-state index contributed by atoms with van der Waals surface area (Å²) in [4.78, 5) is 27.4. The van der Waals surface area contributed by atoms with Crippen LogP contribution in [-0.4, -0.2) is 44.4 Å². The Bertz CT molecular complexity index is 1130.